The van der Waals surface area contributed by atoms with E-state index in [2.05, 4.69) is 79.3 Å². The minimum atomic E-state index is -0.658. The van der Waals surface area contributed by atoms with Crippen molar-refractivity contribution in [2.75, 3.05) is 14.1 Å². The van der Waals surface area contributed by atoms with Crippen molar-refractivity contribution < 1.29 is 24.2 Å². The van der Waals surface area contributed by atoms with Crippen molar-refractivity contribution in [2.24, 2.45) is 0 Å². The van der Waals surface area contributed by atoms with Crippen LogP contribution in [0.15, 0.2) is 29.8 Å². The Morgan fingerprint density at radius 1 is 0.763 bits per heavy atom. The minimum Gasteiger partial charge on any atom is -0.458 e. The average Bonchev–Trinajstić information content (AvgIpc) is 2.78. The van der Waals surface area contributed by atoms with Gasteiger partial charge in [0.2, 0.25) is 0 Å². The van der Waals surface area contributed by atoms with Crippen molar-refractivity contribution in [3.05, 3.63) is 41.0 Å². The van der Waals surface area contributed by atoms with Crippen molar-refractivity contribution in [2.45, 2.75) is 122 Å². The molecular formula is C31H48N2O5. The highest BCUT2D eigenvalue weighted by atomic mass is 16.6. The lowest BCUT2D eigenvalue weighted by atomic mass is 9.78. The van der Waals surface area contributed by atoms with Gasteiger partial charge in [-0.1, -0.05) is 24.3 Å². The third-order valence-electron chi connectivity index (χ3n) is 9.00. The summed E-state index contributed by atoms with van der Waals surface area (Å²) < 4.78 is 12.0. The maximum absolute atomic E-state index is 13.6. The zero-order valence-corrected chi connectivity index (χ0v) is 25.1. The second-order valence-corrected chi connectivity index (χ2v) is 13.7. The number of ether oxygens (including phenoxy) is 2. The molecule has 0 aliphatic carbocycles. The van der Waals surface area contributed by atoms with Crippen LogP contribution in [0.4, 0.5) is 0 Å². The van der Waals surface area contributed by atoms with Gasteiger partial charge >= 0.3 is 11.9 Å². The molecule has 7 nitrogen and oxygen atoms in total. The summed E-state index contributed by atoms with van der Waals surface area (Å²) in [6, 6.07) is 7.08. The number of nitrogens with zero attached hydrogens (tertiary/aromatic N) is 2. The molecular weight excluding hydrogens is 480 g/mol. The van der Waals surface area contributed by atoms with Crippen LogP contribution in [0.1, 0.15) is 92.2 Å². The molecule has 1 N–H and O–H groups in total. The van der Waals surface area contributed by atoms with Crippen LogP contribution in [0.5, 0.6) is 0 Å². The molecule has 0 bridgehead atoms. The second-order valence-electron chi connectivity index (χ2n) is 13.7. The number of carbonyl (C=O) groups is 2. The van der Waals surface area contributed by atoms with E-state index in [4.69, 9.17) is 9.47 Å². The Morgan fingerprint density at radius 2 is 1.11 bits per heavy atom. The summed E-state index contributed by atoms with van der Waals surface area (Å²) in [6.07, 6.45) is 3.58. The molecule has 2 fully saturated rings. The third-order valence-corrected chi connectivity index (χ3v) is 9.00. The van der Waals surface area contributed by atoms with Gasteiger partial charge in [-0.2, -0.15) is 0 Å². The van der Waals surface area contributed by atoms with Crippen molar-refractivity contribution in [3.8, 4) is 0 Å². The average molecular weight is 529 g/mol. The molecule has 0 aromatic heterocycles. The normalized spacial score (nSPS) is 23.4. The molecule has 212 valence electrons. The van der Waals surface area contributed by atoms with Crippen LogP contribution in [0.2, 0.25) is 0 Å². The molecule has 0 amide bonds. The molecule has 0 saturated carbocycles. The highest BCUT2D eigenvalue weighted by Gasteiger charge is 2.46. The van der Waals surface area contributed by atoms with Crippen molar-refractivity contribution in [1.82, 2.24) is 9.80 Å². The highest BCUT2D eigenvalue weighted by molar-refractivity contribution is 6.17. The molecule has 7 heteroatoms. The van der Waals surface area contributed by atoms with E-state index in [-0.39, 0.29) is 46.5 Å². The van der Waals surface area contributed by atoms with Gasteiger partial charge in [0.05, 0.1) is 6.61 Å². The SMILES string of the molecule is CN1C(C)(C)CC(OC(=O)C(=Cc2ccc(CO)cc2)C(=O)OC2CC(C)(C)N(C)C(C)(C)C2)CC1(C)C. The van der Waals surface area contributed by atoms with Crippen LogP contribution in [-0.2, 0) is 25.7 Å². The van der Waals surface area contributed by atoms with Gasteiger partial charge in [-0.25, -0.2) is 9.59 Å². The van der Waals surface area contributed by atoms with E-state index >= 15 is 0 Å². The number of esters is 2. The summed E-state index contributed by atoms with van der Waals surface area (Å²) in [5.41, 5.74) is 0.654. The molecule has 38 heavy (non-hydrogen) atoms. The summed E-state index contributed by atoms with van der Waals surface area (Å²) in [6.45, 7) is 17.1. The van der Waals surface area contributed by atoms with Crippen LogP contribution in [0, 0.1) is 0 Å². The topological polar surface area (TPSA) is 79.3 Å². The molecule has 0 radical (unpaired) electrons. The van der Waals surface area contributed by atoms with Gasteiger partial charge in [-0.15, -0.1) is 0 Å². The van der Waals surface area contributed by atoms with E-state index in [1.165, 1.54) is 0 Å². The first kappa shape index (κ1) is 30.3. The first-order chi connectivity index (χ1) is 17.4. The van der Waals surface area contributed by atoms with Crippen LogP contribution in [0.3, 0.4) is 0 Å². The van der Waals surface area contributed by atoms with Gasteiger partial charge in [0.15, 0.2) is 0 Å². The van der Waals surface area contributed by atoms with Crippen LogP contribution < -0.4 is 0 Å². The first-order valence-electron chi connectivity index (χ1n) is 13.7. The Bertz CT molecular complexity index is 961. The molecule has 0 atom stereocenters. The highest BCUT2D eigenvalue weighted by Crippen LogP contribution is 2.40. The lowest BCUT2D eigenvalue weighted by Gasteiger charge is -2.53. The lowest BCUT2D eigenvalue weighted by molar-refractivity contribution is -0.162. The number of piperidine rings is 2. The van der Waals surface area contributed by atoms with E-state index in [1.54, 1.807) is 30.3 Å². The zero-order chi connectivity index (χ0) is 28.7. The van der Waals surface area contributed by atoms with Gasteiger partial charge in [-0.3, -0.25) is 9.80 Å². The number of aliphatic hydroxyl groups is 1. The molecule has 2 aliphatic heterocycles. The Hall–Kier alpha value is -2.22. The zero-order valence-electron chi connectivity index (χ0n) is 25.1. The summed E-state index contributed by atoms with van der Waals surface area (Å²) in [4.78, 5) is 31.8. The van der Waals surface area contributed by atoms with Crippen molar-refractivity contribution in [3.63, 3.8) is 0 Å². The standard InChI is InChI=1S/C31H48N2O5/c1-28(2)16-23(17-29(3,4)32(28)9)37-26(35)25(15-21-11-13-22(20-34)14-12-21)27(36)38-24-18-30(5,6)33(10)31(7,8)19-24/h11-15,23-24,34H,16-20H2,1-10H3. The van der Waals surface area contributed by atoms with Gasteiger partial charge in [0.1, 0.15) is 17.8 Å². The molecule has 1 aromatic carbocycles. The summed E-state index contributed by atoms with van der Waals surface area (Å²) in [5.74, 6) is -1.32. The van der Waals surface area contributed by atoms with E-state index < -0.39 is 11.9 Å². The Kier molecular flexibility index (Phi) is 8.57. The molecule has 1 aromatic rings. The Balaban J connectivity index is 1.88. The van der Waals surface area contributed by atoms with Gasteiger partial charge < -0.3 is 14.6 Å². The van der Waals surface area contributed by atoms with E-state index in [0.717, 1.165) is 5.56 Å². The van der Waals surface area contributed by atoms with Crippen molar-refractivity contribution in [1.29, 1.82) is 0 Å². The van der Waals surface area contributed by atoms with Crippen LogP contribution in [0.25, 0.3) is 6.08 Å². The molecule has 0 unspecified atom stereocenters. The molecule has 2 saturated heterocycles. The lowest BCUT2D eigenvalue weighted by Crippen LogP contribution is -2.60. The predicted molar refractivity (Wildman–Crippen MR) is 150 cm³/mol. The molecule has 2 heterocycles. The number of hydrogen-bond acceptors (Lipinski definition) is 7. The maximum atomic E-state index is 13.6. The maximum Gasteiger partial charge on any atom is 0.345 e. The van der Waals surface area contributed by atoms with Crippen LogP contribution >= 0.6 is 0 Å². The molecule has 3 rings (SSSR count). The fraction of sp³-hybridized carbons (Fsp3) is 0.677. The number of rotatable bonds is 6. The quantitative estimate of drug-likeness (QED) is 0.242. The number of hydrogen-bond donors (Lipinski definition) is 1. The second kappa shape index (κ2) is 10.7. The summed E-state index contributed by atoms with van der Waals surface area (Å²) in [5, 5.41) is 9.39. The van der Waals surface area contributed by atoms with E-state index in [9.17, 15) is 14.7 Å². The fourth-order valence-electron chi connectivity index (χ4n) is 6.24. The van der Waals surface area contributed by atoms with Crippen LogP contribution in [-0.4, -0.2) is 75.3 Å². The van der Waals surface area contributed by atoms with E-state index in [0.29, 0.717) is 31.2 Å². The monoisotopic (exact) mass is 528 g/mol. The third kappa shape index (κ3) is 6.67. The van der Waals surface area contributed by atoms with Gasteiger partial charge in [-0.05, 0) is 86.7 Å². The minimum absolute atomic E-state index is 0.0790. The Labute approximate surface area is 229 Å². The Morgan fingerprint density at radius 3 is 1.42 bits per heavy atom. The number of likely N-dealkylation sites (tertiary alicyclic amines) is 2. The summed E-state index contributed by atoms with van der Waals surface area (Å²) >= 11 is 0. The molecule has 0 spiro atoms. The predicted octanol–water partition coefficient (Wildman–Crippen LogP) is 4.95. The largest absolute Gasteiger partial charge is 0.458 e. The smallest absolute Gasteiger partial charge is 0.345 e. The molecule has 2 aliphatic rings. The van der Waals surface area contributed by atoms with E-state index in [1.807, 2.05) is 0 Å². The number of carbonyl (C=O) groups excluding carboxylic acids is 2. The number of benzene rings is 1. The fourth-order valence-corrected chi connectivity index (χ4v) is 6.24. The number of aliphatic hydroxyl groups excluding tert-OH is 1. The first-order valence-corrected chi connectivity index (χ1v) is 13.7. The van der Waals surface area contributed by atoms with Gasteiger partial charge in [0.25, 0.3) is 0 Å². The summed E-state index contributed by atoms with van der Waals surface area (Å²) in [7, 11) is 4.20. The van der Waals surface area contributed by atoms with Crippen molar-refractivity contribution >= 4 is 18.0 Å². The van der Waals surface area contributed by atoms with Gasteiger partial charge in [0, 0.05) is 47.8 Å².